The average molecular weight is 131 g/mol. The van der Waals surface area contributed by atoms with Crippen LogP contribution in [0, 0.1) is 0 Å². The fraction of sp³-hybridized carbons (Fsp3) is 1.00. The van der Waals surface area contributed by atoms with E-state index in [4.69, 9.17) is 13.0 Å². The van der Waals surface area contributed by atoms with Crippen LogP contribution < -0.4 is 0 Å². The molecule has 0 aliphatic heterocycles. The molecule has 0 aromatic heterocycles. The summed E-state index contributed by atoms with van der Waals surface area (Å²) >= 11 is 0. The lowest BCUT2D eigenvalue weighted by molar-refractivity contribution is 0.470. The van der Waals surface area contributed by atoms with Gasteiger partial charge in [-0.25, -0.2) is 8.42 Å². The van der Waals surface area contributed by atoms with Crippen molar-refractivity contribution in [2.45, 2.75) is 0 Å². The maximum atomic E-state index is 9.08. The molecule has 0 aromatic rings. The predicted molar refractivity (Wildman–Crippen MR) is 22.8 cm³/mol. The van der Waals surface area contributed by atoms with E-state index in [2.05, 4.69) is 0 Å². The van der Waals surface area contributed by atoms with Gasteiger partial charge in [-0.05, 0) is 0 Å². The van der Waals surface area contributed by atoms with Gasteiger partial charge in [-0.3, -0.25) is 0 Å². The molecule has 4 N–H and O–H groups in total. The fourth-order valence-corrected chi connectivity index (χ4v) is 0. The van der Waals surface area contributed by atoms with E-state index < -0.39 is 10.1 Å². The zero-order chi connectivity index (χ0) is 4.50. The Kier molecular flexibility index (Phi) is 9.05. The Hall–Kier alpha value is -0.170. The maximum absolute atomic E-state index is 9.08. The minimum absolute atomic E-state index is 0. The molecule has 0 rings (SSSR count). The van der Waals surface area contributed by atoms with Gasteiger partial charge in [0.05, 0.1) is 10.1 Å². The fourth-order valence-electron chi connectivity index (χ4n) is 0. The smallest absolute Gasteiger partial charge is 0.0916 e. The van der Waals surface area contributed by atoms with Gasteiger partial charge in [-0.1, -0.05) is 0 Å². The molecular formula is CH7O5S-. The van der Waals surface area contributed by atoms with Crippen LogP contribution in [0.25, 0.3) is 0 Å². The van der Waals surface area contributed by atoms with Crippen molar-refractivity contribution in [1.82, 2.24) is 0 Å². The highest BCUT2D eigenvalue weighted by molar-refractivity contribution is 7.84. The van der Waals surface area contributed by atoms with Gasteiger partial charge in [0.25, 0.3) is 0 Å². The van der Waals surface area contributed by atoms with Gasteiger partial charge in [0, 0.05) is 6.26 Å². The van der Waals surface area contributed by atoms with Crippen LogP contribution in [0.5, 0.6) is 0 Å². The van der Waals surface area contributed by atoms with Crippen LogP contribution in [0.15, 0.2) is 0 Å². The Bertz CT molecular complexity index is 91.2. The van der Waals surface area contributed by atoms with Crippen LogP contribution in [0.1, 0.15) is 0 Å². The molecule has 0 heterocycles. The third kappa shape index (κ3) is 2960. The second-order valence-electron chi connectivity index (χ2n) is 0.704. The summed E-state index contributed by atoms with van der Waals surface area (Å²) in [5.41, 5.74) is 0. The van der Waals surface area contributed by atoms with Crippen LogP contribution in [-0.4, -0.2) is 30.2 Å². The molecule has 0 aliphatic rings. The molecule has 6 heteroatoms. The first-order chi connectivity index (χ1) is 2.00. The van der Waals surface area contributed by atoms with E-state index in [0.29, 0.717) is 6.26 Å². The first kappa shape index (κ1) is 15.8. The Morgan fingerprint density at radius 3 is 1.29 bits per heavy atom. The quantitative estimate of drug-likeness (QED) is 0.338. The molecule has 0 saturated carbocycles. The minimum atomic E-state index is -3.92. The van der Waals surface area contributed by atoms with E-state index >= 15 is 0 Å². The first-order valence-electron chi connectivity index (χ1n) is 0.908. The van der Waals surface area contributed by atoms with Crippen molar-refractivity contribution in [3.8, 4) is 0 Å². The molecule has 0 bridgehead atoms. The third-order valence-electron chi connectivity index (χ3n) is 0. The van der Waals surface area contributed by atoms with Gasteiger partial charge in [-0.15, -0.1) is 0 Å². The molecule has 0 unspecified atom stereocenters. The van der Waals surface area contributed by atoms with Gasteiger partial charge < -0.3 is 15.5 Å². The van der Waals surface area contributed by atoms with Gasteiger partial charge >= 0.3 is 0 Å². The third-order valence-corrected chi connectivity index (χ3v) is 0. The van der Waals surface area contributed by atoms with Gasteiger partial charge in [-0.2, -0.15) is 0 Å². The van der Waals surface area contributed by atoms with Crippen LogP contribution in [-0.2, 0) is 10.1 Å². The molecule has 0 saturated heterocycles. The van der Waals surface area contributed by atoms with Crippen LogP contribution in [0.2, 0.25) is 0 Å². The summed E-state index contributed by atoms with van der Waals surface area (Å²) in [7, 11) is -3.92. The molecule has 0 aromatic carbocycles. The second kappa shape index (κ2) is 4.00. The Labute approximate surface area is 41.3 Å². The standard InChI is InChI=1S/CH4O3S.2H2O/c1-5(2,3)4;;/h1H3,(H,2,3,4);2*1H2/p-1. The number of hydrogen-bond acceptors (Lipinski definition) is 3. The van der Waals surface area contributed by atoms with Crippen molar-refractivity contribution in [2.75, 3.05) is 6.26 Å². The molecule has 0 spiro atoms. The van der Waals surface area contributed by atoms with Crippen molar-refractivity contribution in [3.05, 3.63) is 0 Å². The van der Waals surface area contributed by atoms with E-state index in [1.165, 1.54) is 0 Å². The highest BCUT2D eigenvalue weighted by atomic mass is 32.2. The highest BCUT2D eigenvalue weighted by Gasteiger charge is 1.65. The van der Waals surface area contributed by atoms with Gasteiger partial charge in [0.2, 0.25) is 0 Å². The Morgan fingerprint density at radius 2 is 1.29 bits per heavy atom. The lowest BCUT2D eigenvalue weighted by atomic mass is 12.0. The number of rotatable bonds is 0. The van der Waals surface area contributed by atoms with E-state index in [1.54, 1.807) is 0 Å². The van der Waals surface area contributed by atoms with Crippen molar-refractivity contribution < 1.29 is 23.9 Å². The topological polar surface area (TPSA) is 120 Å². The van der Waals surface area contributed by atoms with Crippen molar-refractivity contribution in [3.63, 3.8) is 0 Å². The molecule has 5 nitrogen and oxygen atoms in total. The van der Waals surface area contributed by atoms with Crippen molar-refractivity contribution >= 4 is 10.1 Å². The summed E-state index contributed by atoms with van der Waals surface area (Å²) < 4.78 is 27.2. The summed E-state index contributed by atoms with van der Waals surface area (Å²) in [5, 5.41) is 0. The second-order valence-corrected chi connectivity index (χ2v) is 2.11. The molecule has 0 aliphatic carbocycles. The summed E-state index contributed by atoms with van der Waals surface area (Å²) in [5.74, 6) is 0. The lowest BCUT2D eigenvalue weighted by Gasteiger charge is -1.90. The average Bonchev–Trinajstić information content (AvgIpc) is 0.722. The summed E-state index contributed by atoms with van der Waals surface area (Å²) in [6.07, 6.45) is 0.604. The SMILES string of the molecule is CS(=O)(=O)[O-].O.O. The summed E-state index contributed by atoms with van der Waals surface area (Å²) in [4.78, 5) is 0. The van der Waals surface area contributed by atoms with E-state index in [-0.39, 0.29) is 11.0 Å². The molecular weight excluding hydrogens is 124 g/mol. The highest BCUT2D eigenvalue weighted by Crippen LogP contribution is 1.59. The monoisotopic (exact) mass is 131 g/mol. The zero-order valence-corrected chi connectivity index (χ0v) is 4.45. The van der Waals surface area contributed by atoms with E-state index in [0.717, 1.165) is 0 Å². The number of hydrogen-bond donors (Lipinski definition) is 0. The first-order valence-corrected chi connectivity index (χ1v) is 2.72. The normalized spacial score (nSPS) is 8.29. The zero-order valence-electron chi connectivity index (χ0n) is 3.63. The van der Waals surface area contributed by atoms with Crippen molar-refractivity contribution in [1.29, 1.82) is 0 Å². The molecule has 0 amide bonds. The summed E-state index contributed by atoms with van der Waals surface area (Å²) in [6, 6.07) is 0. The summed E-state index contributed by atoms with van der Waals surface area (Å²) in [6.45, 7) is 0. The van der Waals surface area contributed by atoms with Crippen LogP contribution in [0.3, 0.4) is 0 Å². The Balaban J connectivity index is -0.0000000800. The lowest BCUT2D eigenvalue weighted by Crippen LogP contribution is -1.88. The minimum Gasteiger partial charge on any atom is -0.748 e. The van der Waals surface area contributed by atoms with Crippen LogP contribution >= 0.6 is 0 Å². The Morgan fingerprint density at radius 1 is 1.29 bits per heavy atom. The maximum Gasteiger partial charge on any atom is 0.0916 e. The molecule has 0 fully saturated rings. The predicted octanol–water partition coefficient (Wildman–Crippen LogP) is -2.49. The molecule has 7 heavy (non-hydrogen) atoms. The largest absolute Gasteiger partial charge is 0.748 e. The van der Waals surface area contributed by atoms with Gasteiger partial charge in [0.1, 0.15) is 0 Å². The van der Waals surface area contributed by atoms with Gasteiger partial charge in [0.15, 0.2) is 0 Å². The molecule has 48 valence electrons. The molecule has 0 atom stereocenters. The van der Waals surface area contributed by atoms with Crippen LogP contribution in [0.4, 0.5) is 0 Å². The van der Waals surface area contributed by atoms with E-state index in [9.17, 15) is 0 Å². The molecule has 0 radical (unpaired) electrons. The van der Waals surface area contributed by atoms with Crippen molar-refractivity contribution in [2.24, 2.45) is 0 Å². The van der Waals surface area contributed by atoms with E-state index in [1.807, 2.05) is 0 Å².